The van der Waals surface area contributed by atoms with E-state index in [1.165, 1.54) is 5.56 Å². The molecule has 2 rings (SSSR count). The lowest BCUT2D eigenvalue weighted by Gasteiger charge is -2.28. The second kappa shape index (κ2) is 5.38. The fourth-order valence-corrected chi connectivity index (χ4v) is 2.83. The fraction of sp³-hybridized carbons (Fsp3) is 0.571. The summed E-state index contributed by atoms with van der Waals surface area (Å²) in [5, 5.41) is 9.01. The molecule has 18 heavy (non-hydrogen) atoms. The van der Waals surface area contributed by atoms with Gasteiger partial charge in [0.15, 0.2) is 0 Å². The number of nitrogens with zero attached hydrogens (tertiary/aromatic N) is 1. The van der Waals surface area contributed by atoms with E-state index in [0.717, 1.165) is 31.2 Å². The van der Waals surface area contributed by atoms with Crippen LogP contribution in [-0.4, -0.2) is 23.2 Å². The molecule has 0 aromatic carbocycles. The Hall–Kier alpha value is -1.58. The Morgan fingerprint density at radius 1 is 1.39 bits per heavy atom. The number of aromatic nitrogens is 1. The van der Waals surface area contributed by atoms with E-state index in [-0.39, 0.29) is 5.92 Å². The van der Waals surface area contributed by atoms with E-state index in [1.807, 2.05) is 6.07 Å². The van der Waals surface area contributed by atoms with Crippen LogP contribution >= 0.6 is 0 Å². The van der Waals surface area contributed by atoms with E-state index < -0.39 is 5.97 Å². The summed E-state index contributed by atoms with van der Waals surface area (Å²) in [6.07, 6.45) is 5.05. The van der Waals surface area contributed by atoms with Crippen molar-refractivity contribution in [1.29, 1.82) is 0 Å². The van der Waals surface area contributed by atoms with Crippen molar-refractivity contribution in [2.75, 3.05) is 7.11 Å². The minimum absolute atomic E-state index is 0.177. The zero-order valence-corrected chi connectivity index (χ0v) is 10.8. The predicted octanol–water partition coefficient (Wildman–Crippen LogP) is 2.76. The van der Waals surface area contributed by atoms with Gasteiger partial charge in [-0.1, -0.05) is 0 Å². The van der Waals surface area contributed by atoms with E-state index in [1.54, 1.807) is 13.3 Å². The van der Waals surface area contributed by atoms with E-state index in [4.69, 9.17) is 9.84 Å². The van der Waals surface area contributed by atoms with E-state index in [0.29, 0.717) is 11.8 Å². The highest BCUT2D eigenvalue weighted by molar-refractivity contribution is 5.70. The Bertz CT molecular complexity index is 437. The lowest BCUT2D eigenvalue weighted by molar-refractivity contribution is -0.142. The molecule has 1 aliphatic rings. The summed E-state index contributed by atoms with van der Waals surface area (Å²) < 4.78 is 5.33. The zero-order valence-electron chi connectivity index (χ0n) is 10.8. The standard InChI is InChI=1S/C14H19NO3/c1-9-7-8-15-13(18-2)12(9)10-3-5-11(6-4-10)14(16)17/h7-8,10-11H,3-6H2,1-2H3,(H,16,17). The molecule has 1 aromatic rings. The lowest BCUT2D eigenvalue weighted by atomic mass is 9.78. The molecule has 0 saturated heterocycles. The summed E-state index contributed by atoms with van der Waals surface area (Å²) in [5.74, 6) is 0.227. The molecule has 0 spiro atoms. The van der Waals surface area contributed by atoms with Crippen LogP contribution in [0.25, 0.3) is 0 Å². The third kappa shape index (κ3) is 2.47. The summed E-state index contributed by atoms with van der Waals surface area (Å²) in [7, 11) is 1.63. The summed E-state index contributed by atoms with van der Waals surface area (Å²) >= 11 is 0. The highest BCUT2D eigenvalue weighted by Gasteiger charge is 2.29. The van der Waals surface area contributed by atoms with Gasteiger partial charge in [0, 0.05) is 11.8 Å². The van der Waals surface area contributed by atoms with Gasteiger partial charge in [-0.05, 0) is 50.2 Å². The molecule has 1 aliphatic carbocycles. The van der Waals surface area contributed by atoms with Crippen molar-refractivity contribution < 1.29 is 14.6 Å². The smallest absolute Gasteiger partial charge is 0.306 e. The van der Waals surface area contributed by atoms with Gasteiger partial charge in [0.1, 0.15) is 0 Å². The molecular weight excluding hydrogens is 230 g/mol. The highest BCUT2D eigenvalue weighted by Crippen LogP contribution is 2.40. The quantitative estimate of drug-likeness (QED) is 0.894. The minimum Gasteiger partial charge on any atom is -0.481 e. The molecule has 4 nitrogen and oxygen atoms in total. The molecule has 1 fully saturated rings. The molecular formula is C14H19NO3. The van der Waals surface area contributed by atoms with Crippen molar-refractivity contribution in [2.45, 2.75) is 38.5 Å². The molecule has 0 amide bonds. The molecule has 0 atom stereocenters. The number of aliphatic carboxylic acids is 1. The van der Waals surface area contributed by atoms with E-state index in [9.17, 15) is 4.79 Å². The summed E-state index contributed by atoms with van der Waals surface area (Å²) in [4.78, 5) is 15.2. The molecule has 98 valence electrons. The largest absolute Gasteiger partial charge is 0.481 e. The zero-order chi connectivity index (χ0) is 13.1. The van der Waals surface area contributed by atoms with Crippen LogP contribution in [0.3, 0.4) is 0 Å². The fourth-order valence-electron chi connectivity index (χ4n) is 2.83. The number of carboxylic acid groups (broad SMARTS) is 1. The molecule has 0 aliphatic heterocycles. The molecule has 0 bridgehead atoms. The summed E-state index contributed by atoms with van der Waals surface area (Å²) in [5.41, 5.74) is 2.34. The third-order valence-electron chi connectivity index (χ3n) is 3.85. The van der Waals surface area contributed by atoms with Crippen LogP contribution in [0, 0.1) is 12.8 Å². The molecule has 1 heterocycles. The van der Waals surface area contributed by atoms with Gasteiger partial charge in [-0.2, -0.15) is 0 Å². The number of rotatable bonds is 3. The van der Waals surface area contributed by atoms with Crippen molar-refractivity contribution in [3.8, 4) is 5.88 Å². The molecule has 1 N–H and O–H groups in total. The number of pyridine rings is 1. The minimum atomic E-state index is -0.664. The Balaban J connectivity index is 2.17. The number of carbonyl (C=O) groups is 1. The van der Waals surface area contributed by atoms with Crippen LogP contribution in [0.1, 0.15) is 42.7 Å². The monoisotopic (exact) mass is 249 g/mol. The topological polar surface area (TPSA) is 59.4 Å². The number of aryl methyl sites for hydroxylation is 1. The average Bonchev–Trinajstić information content (AvgIpc) is 2.38. The maximum atomic E-state index is 11.0. The van der Waals surface area contributed by atoms with Gasteiger partial charge < -0.3 is 9.84 Å². The summed E-state index contributed by atoms with van der Waals surface area (Å²) in [6.45, 7) is 2.06. The SMILES string of the molecule is COc1nccc(C)c1C1CCC(C(=O)O)CC1. The number of ether oxygens (including phenoxy) is 1. The van der Waals surface area contributed by atoms with Crippen molar-refractivity contribution in [2.24, 2.45) is 5.92 Å². The Morgan fingerprint density at radius 2 is 2.06 bits per heavy atom. The van der Waals surface area contributed by atoms with E-state index >= 15 is 0 Å². The first-order valence-electron chi connectivity index (χ1n) is 6.35. The van der Waals surface area contributed by atoms with Gasteiger partial charge in [-0.25, -0.2) is 4.98 Å². The maximum Gasteiger partial charge on any atom is 0.306 e. The van der Waals surface area contributed by atoms with Gasteiger partial charge in [-0.15, -0.1) is 0 Å². The van der Waals surface area contributed by atoms with Crippen molar-refractivity contribution in [3.63, 3.8) is 0 Å². The van der Waals surface area contributed by atoms with Crippen LogP contribution in [0.5, 0.6) is 5.88 Å². The maximum absolute atomic E-state index is 11.0. The normalized spacial score (nSPS) is 23.7. The Labute approximate surface area is 107 Å². The van der Waals surface area contributed by atoms with Gasteiger partial charge in [-0.3, -0.25) is 4.79 Å². The summed E-state index contributed by atoms with van der Waals surface area (Å²) in [6, 6.07) is 1.99. The average molecular weight is 249 g/mol. The first-order valence-corrected chi connectivity index (χ1v) is 6.35. The highest BCUT2D eigenvalue weighted by atomic mass is 16.5. The molecule has 4 heteroatoms. The predicted molar refractivity (Wildman–Crippen MR) is 67.9 cm³/mol. The number of hydrogen-bond acceptors (Lipinski definition) is 3. The van der Waals surface area contributed by atoms with Gasteiger partial charge >= 0.3 is 5.97 Å². The second-order valence-corrected chi connectivity index (χ2v) is 4.94. The molecule has 1 aromatic heterocycles. The number of carboxylic acids is 1. The second-order valence-electron chi connectivity index (χ2n) is 4.94. The number of hydrogen-bond donors (Lipinski definition) is 1. The molecule has 1 saturated carbocycles. The van der Waals surface area contributed by atoms with Crippen LogP contribution in [0.2, 0.25) is 0 Å². The van der Waals surface area contributed by atoms with Gasteiger partial charge in [0.25, 0.3) is 0 Å². The Morgan fingerprint density at radius 3 is 2.61 bits per heavy atom. The van der Waals surface area contributed by atoms with E-state index in [2.05, 4.69) is 11.9 Å². The third-order valence-corrected chi connectivity index (χ3v) is 3.85. The van der Waals surface area contributed by atoms with Crippen molar-refractivity contribution in [1.82, 2.24) is 4.98 Å². The van der Waals surface area contributed by atoms with Crippen LogP contribution < -0.4 is 4.74 Å². The lowest BCUT2D eigenvalue weighted by Crippen LogP contribution is -2.21. The van der Waals surface area contributed by atoms with Gasteiger partial charge in [0.05, 0.1) is 13.0 Å². The Kier molecular flexibility index (Phi) is 3.84. The first kappa shape index (κ1) is 12.9. The van der Waals surface area contributed by atoms with Crippen LogP contribution in [0.15, 0.2) is 12.3 Å². The van der Waals surface area contributed by atoms with Crippen LogP contribution in [-0.2, 0) is 4.79 Å². The first-order chi connectivity index (χ1) is 8.63. The molecule has 0 unspecified atom stereocenters. The van der Waals surface area contributed by atoms with Crippen molar-refractivity contribution >= 4 is 5.97 Å². The van der Waals surface area contributed by atoms with Gasteiger partial charge in [0.2, 0.25) is 5.88 Å². The molecule has 0 radical (unpaired) electrons. The van der Waals surface area contributed by atoms with Crippen LogP contribution in [0.4, 0.5) is 0 Å². The van der Waals surface area contributed by atoms with Crippen molar-refractivity contribution in [3.05, 3.63) is 23.4 Å². The number of methoxy groups -OCH3 is 1.